The zero-order chi connectivity index (χ0) is 17.6. The smallest absolute Gasteiger partial charge is 0.231 e. The van der Waals surface area contributed by atoms with Gasteiger partial charge in [0.15, 0.2) is 11.5 Å². The fraction of sp³-hybridized carbons (Fsp3) is 0.333. The molecule has 0 aliphatic carbocycles. The van der Waals surface area contributed by atoms with E-state index in [0.29, 0.717) is 31.8 Å². The van der Waals surface area contributed by atoms with Gasteiger partial charge in [-0.3, -0.25) is 9.59 Å². The molecule has 1 aliphatic rings. The molecule has 2 heterocycles. The Balaban J connectivity index is 1.49. The highest BCUT2D eigenvalue weighted by Gasteiger charge is 2.16. The predicted molar refractivity (Wildman–Crippen MR) is 94.7 cm³/mol. The average Bonchev–Trinajstić information content (AvgIpc) is 3.24. The van der Waals surface area contributed by atoms with E-state index in [1.54, 1.807) is 16.2 Å². The van der Waals surface area contributed by atoms with E-state index in [-0.39, 0.29) is 18.6 Å². The molecule has 3 rings (SSSR count). The summed E-state index contributed by atoms with van der Waals surface area (Å²) in [5, 5.41) is 4.81. The fourth-order valence-electron chi connectivity index (χ4n) is 2.57. The Morgan fingerprint density at radius 2 is 2.08 bits per heavy atom. The monoisotopic (exact) mass is 360 g/mol. The summed E-state index contributed by atoms with van der Waals surface area (Å²) in [5.74, 6) is 1.35. The zero-order valence-electron chi connectivity index (χ0n) is 14.0. The summed E-state index contributed by atoms with van der Waals surface area (Å²) in [6, 6.07) is 9.51. The van der Waals surface area contributed by atoms with Gasteiger partial charge in [-0.25, -0.2) is 0 Å². The fourth-order valence-corrected chi connectivity index (χ4v) is 3.28. The lowest BCUT2D eigenvalue weighted by molar-refractivity contribution is -0.130. The quantitative estimate of drug-likeness (QED) is 0.822. The number of carbonyl (C=O) groups is 2. The number of carbonyl (C=O) groups excluding carboxylic acids is 2. The minimum absolute atomic E-state index is 0.0333. The summed E-state index contributed by atoms with van der Waals surface area (Å²) in [7, 11) is 0. The lowest BCUT2D eigenvalue weighted by Crippen LogP contribution is -2.37. The minimum Gasteiger partial charge on any atom is -0.454 e. The van der Waals surface area contributed by atoms with Crippen LogP contribution in [-0.2, 0) is 22.6 Å². The second-order valence-electron chi connectivity index (χ2n) is 5.73. The van der Waals surface area contributed by atoms with Crippen molar-refractivity contribution >= 4 is 23.2 Å². The molecular weight excluding hydrogens is 340 g/mol. The lowest BCUT2D eigenvalue weighted by Gasteiger charge is -2.21. The van der Waals surface area contributed by atoms with Crippen molar-refractivity contribution in [3.63, 3.8) is 0 Å². The molecule has 0 spiro atoms. The first-order valence-electron chi connectivity index (χ1n) is 8.05. The highest BCUT2D eigenvalue weighted by atomic mass is 32.1. The summed E-state index contributed by atoms with van der Waals surface area (Å²) in [4.78, 5) is 26.5. The Hall–Kier alpha value is -2.54. The van der Waals surface area contributed by atoms with Crippen molar-refractivity contribution in [1.82, 2.24) is 10.2 Å². The van der Waals surface area contributed by atoms with Crippen molar-refractivity contribution in [2.75, 3.05) is 19.9 Å². The van der Waals surface area contributed by atoms with Crippen LogP contribution in [0.15, 0.2) is 35.7 Å². The number of hydrogen-bond donors (Lipinski definition) is 1. The number of nitrogens with one attached hydrogen (secondary N) is 1. The van der Waals surface area contributed by atoms with E-state index in [4.69, 9.17) is 9.47 Å². The molecule has 1 aliphatic heterocycles. The molecule has 2 amide bonds. The van der Waals surface area contributed by atoms with Crippen molar-refractivity contribution in [3.8, 4) is 11.5 Å². The zero-order valence-corrected chi connectivity index (χ0v) is 14.8. The molecule has 0 fully saturated rings. The molecule has 25 heavy (non-hydrogen) atoms. The summed E-state index contributed by atoms with van der Waals surface area (Å²) in [6.07, 6.45) is 0.375. The molecule has 0 bridgehead atoms. The van der Waals surface area contributed by atoms with Crippen LogP contribution in [0.1, 0.15) is 17.4 Å². The van der Waals surface area contributed by atoms with Crippen LogP contribution in [0.4, 0.5) is 0 Å². The third-order valence-electron chi connectivity index (χ3n) is 3.87. The number of rotatable bonds is 7. The Morgan fingerprint density at radius 3 is 2.84 bits per heavy atom. The van der Waals surface area contributed by atoms with Gasteiger partial charge in [0, 0.05) is 31.4 Å². The number of ether oxygens (including phenoxy) is 2. The first-order chi connectivity index (χ1) is 12.1. The third-order valence-corrected chi connectivity index (χ3v) is 4.75. The molecule has 7 heteroatoms. The molecule has 2 aromatic rings. The molecule has 0 saturated heterocycles. The van der Waals surface area contributed by atoms with Gasteiger partial charge < -0.3 is 19.7 Å². The first kappa shape index (κ1) is 17.3. The summed E-state index contributed by atoms with van der Waals surface area (Å²) in [5.41, 5.74) is 0.962. The van der Waals surface area contributed by atoms with E-state index in [1.165, 1.54) is 6.92 Å². The largest absolute Gasteiger partial charge is 0.454 e. The van der Waals surface area contributed by atoms with E-state index in [0.717, 1.165) is 16.2 Å². The molecule has 1 aromatic carbocycles. The molecule has 0 unspecified atom stereocenters. The molecule has 0 radical (unpaired) electrons. The van der Waals surface area contributed by atoms with Gasteiger partial charge in [-0.1, -0.05) is 12.1 Å². The maximum absolute atomic E-state index is 11.9. The predicted octanol–water partition coefficient (Wildman–Crippen LogP) is 2.18. The number of fused-ring (bicyclic) bond motifs is 1. The van der Waals surface area contributed by atoms with Gasteiger partial charge in [-0.2, -0.15) is 0 Å². The van der Waals surface area contributed by atoms with Gasteiger partial charge in [0.1, 0.15) is 0 Å². The SMILES string of the molecule is CC(=O)N(CCNC(=O)Cc1cccs1)Cc1ccc2c(c1)OCO2. The standard InChI is InChI=1S/C18H20N2O4S/c1-13(21)20(7-6-19-18(22)10-15-3-2-8-25-15)11-14-4-5-16-17(9-14)24-12-23-16/h2-5,8-9H,6-7,10-12H2,1H3,(H,19,22). The Bertz CT molecular complexity index is 746. The molecule has 0 atom stereocenters. The van der Waals surface area contributed by atoms with Crippen molar-refractivity contribution in [1.29, 1.82) is 0 Å². The van der Waals surface area contributed by atoms with E-state index < -0.39 is 0 Å². The van der Waals surface area contributed by atoms with Crippen LogP contribution in [0.25, 0.3) is 0 Å². The van der Waals surface area contributed by atoms with Crippen LogP contribution in [-0.4, -0.2) is 36.6 Å². The normalized spacial score (nSPS) is 12.0. The Labute approximate surface area is 150 Å². The number of thiophene rings is 1. The maximum Gasteiger partial charge on any atom is 0.231 e. The molecule has 0 saturated carbocycles. The highest BCUT2D eigenvalue weighted by molar-refractivity contribution is 7.10. The number of amides is 2. The van der Waals surface area contributed by atoms with Crippen LogP contribution < -0.4 is 14.8 Å². The third kappa shape index (κ3) is 4.73. The molecule has 1 aromatic heterocycles. The lowest BCUT2D eigenvalue weighted by atomic mass is 10.2. The summed E-state index contributed by atoms with van der Waals surface area (Å²) >= 11 is 1.56. The van der Waals surface area contributed by atoms with Gasteiger partial charge in [0.05, 0.1) is 6.42 Å². The van der Waals surface area contributed by atoms with Crippen LogP contribution >= 0.6 is 11.3 Å². The van der Waals surface area contributed by atoms with Gasteiger partial charge in [-0.15, -0.1) is 11.3 Å². The van der Waals surface area contributed by atoms with E-state index in [1.807, 2.05) is 35.7 Å². The maximum atomic E-state index is 11.9. The molecule has 1 N–H and O–H groups in total. The molecular formula is C18H20N2O4S. The van der Waals surface area contributed by atoms with Gasteiger partial charge in [0.25, 0.3) is 0 Å². The highest BCUT2D eigenvalue weighted by Crippen LogP contribution is 2.32. The van der Waals surface area contributed by atoms with E-state index in [2.05, 4.69) is 5.32 Å². The van der Waals surface area contributed by atoms with Gasteiger partial charge in [0.2, 0.25) is 18.6 Å². The Kier molecular flexibility index (Phi) is 5.55. The van der Waals surface area contributed by atoms with E-state index in [9.17, 15) is 9.59 Å². The first-order valence-corrected chi connectivity index (χ1v) is 8.93. The van der Waals surface area contributed by atoms with Crippen LogP contribution in [0.3, 0.4) is 0 Å². The summed E-state index contributed by atoms with van der Waals surface area (Å²) in [6.45, 7) is 3.10. The minimum atomic E-state index is -0.0369. The van der Waals surface area contributed by atoms with Gasteiger partial charge in [-0.05, 0) is 29.1 Å². The number of hydrogen-bond acceptors (Lipinski definition) is 5. The van der Waals surface area contributed by atoms with Gasteiger partial charge >= 0.3 is 0 Å². The van der Waals surface area contributed by atoms with Crippen molar-refractivity contribution in [2.45, 2.75) is 19.9 Å². The second kappa shape index (κ2) is 8.02. The summed E-state index contributed by atoms with van der Waals surface area (Å²) < 4.78 is 10.7. The van der Waals surface area contributed by atoms with Crippen molar-refractivity contribution in [3.05, 3.63) is 46.2 Å². The number of nitrogens with zero attached hydrogens (tertiary/aromatic N) is 1. The van der Waals surface area contributed by atoms with Crippen LogP contribution in [0.2, 0.25) is 0 Å². The van der Waals surface area contributed by atoms with Crippen LogP contribution in [0.5, 0.6) is 11.5 Å². The average molecular weight is 360 g/mol. The Morgan fingerprint density at radius 1 is 1.24 bits per heavy atom. The van der Waals surface area contributed by atoms with Crippen LogP contribution in [0, 0.1) is 0 Å². The topological polar surface area (TPSA) is 67.9 Å². The van der Waals surface area contributed by atoms with Crippen molar-refractivity contribution in [2.24, 2.45) is 0 Å². The second-order valence-corrected chi connectivity index (χ2v) is 6.77. The molecule has 6 nitrogen and oxygen atoms in total. The van der Waals surface area contributed by atoms with E-state index >= 15 is 0 Å². The molecule has 132 valence electrons. The number of benzene rings is 1. The van der Waals surface area contributed by atoms with Crippen molar-refractivity contribution < 1.29 is 19.1 Å².